The number of methoxy groups -OCH3 is 1. The summed E-state index contributed by atoms with van der Waals surface area (Å²) in [7, 11) is 3.46. The second-order valence-electron chi connectivity index (χ2n) is 5.85. The zero-order valence-electron chi connectivity index (χ0n) is 17.2. The minimum absolute atomic E-state index is 0. The number of rotatable bonds is 13. The molecule has 0 aliphatic heterocycles. The Morgan fingerprint density at radius 2 is 1.74 bits per heavy atom. The molecule has 1 aromatic rings. The third-order valence-corrected chi connectivity index (χ3v) is 3.90. The molecule has 0 aromatic heterocycles. The Labute approximate surface area is 181 Å². The molecule has 0 saturated carbocycles. The van der Waals surface area contributed by atoms with E-state index in [1.807, 2.05) is 19.9 Å². The minimum Gasteiger partial charge on any atom is -0.493 e. The molecule has 0 radical (unpaired) electrons. The van der Waals surface area contributed by atoms with Crippen molar-refractivity contribution >= 4 is 29.9 Å². The third-order valence-electron chi connectivity index (χ3n) is 3.90. The molecule has 27 heavy (non-hydrogen) atoms. The van der Waals surface area contributed by atoms with Crippen LogP contribution in [-0.4, -0.2) is 53.0 Å². The SMILES string of the molecule is CCOCCCCNC(=NC)NCCCc1ccc(OC)c(OCC)c1.I. The molecule has 0 aliphatic carbocycles. The van der Waals surface area contributed by atoms with Gasteiger partial charge < -0.3 is 24.8 Å². The summed E-state index contributed by atoms with van der Waals surface area (Å²) < 4.78 is 16.3. The van der Waals surface area contributed by atoms with Crippen molar-refractivity contribution in [1.29, 1.82) is 0 Å². The maximum Gasteiger partial charge on any atom is 0.190 e. The zero-order valence-corrected chi connectivity index (χ0v) is 19.5. The van der Waals surface area contributed by atoms with E-state index in [-0.39, 0.29) is 24.0 Å². The Bertz CT molecular complexity index is 527. The number of nitrogens with zero attached hydrogens (tertiary/aromatic N) is 1. The first-order chi connectivity index (χ1) is 12.7. The molecule has 6 nitrogen and oxygen atoms in total. The molecule has 0 atom stereocenters. The van der Waals surface area contributed by atoms with Crippen molar-refractivity contribution in [2.75, 3.05) is 47.1 Å². The summed E-state index contributed by atoms with van der Waals surface area (Å²) in [5.74, 6) is 2.44. The maximum atomic E-state index is 5.63. The molecule has 2 N–H and O–H groups in total. The van der Waals surface area contributed by atoms with E-state index >= 15 is 0 Å². The van der Waals surface area contributed by atoms with Gasteiger partial charge in [0, 0.05) is 33.4 Å². The van der Waals surface area contributed by atoms with Crippen molar-refractivity contribution < 1.29 is 14.2 Å². The highest BCUT2D eigenvalue weighted by atomic mass is 127. The lowest BCUT2D eigenvalue weighted by Gasteiger charge is -2.13. The number of halogens is 1. The van der Waals surface area contributed by atoms with E-state index < -0.39 is 0 Å². The van der Waals surface area contributed by atoms with Gasteiger partial charge in [-0.25, -0.2) is 0 Å². The van der Waals surface area contributed by atoms with Crippen LogP contribution in [0.5, 0.6) is 11.5 Å². The van der Waals surface area contributed by atoms with Gasteiger partial charge in [0.25, 0.3) is 0 Å². The van der Waals surface area contributed by atoms with Crippen molar-refractivity contribution in [1.82, 2.24) is 10.6 Å². The van der Waals surface area contributed by atoms with Gasteiger partial charge in [0.2, 0.25) is 0 Å². The van der Waals surface area contributed by atoms with Crippen molar-refractivity contribution in [3.63, 3.8) is 0 Å². The van der Waals surface area contributed by atoms with Crippen LogP contribution in [0.4, 0.5) is 0 Å². The highest BCUT2D eigenvalue weighted by Gasteiger charge is 2.05. The highest BCUT2D eigenvalue weighted by molar-refractivity contribution is 14.0. The van der Waals surface area contributed by atoms with Gasteiger partial charge in [-0.05, 0) is 57.2 Å². The lowest BCUT2D eigenvalue weighted by molar-refractivity contribution is 0.143. The number of aryl methyl sites for hydroxylation is 1. The Morgan fingerprint density at radius 3 is 2.37 bits per heavy atom. The monoisotopic (exact) mass is 493 g/mol. The molecule has 0 aliphatic rings. The van der Waals surface area contributed by atoms with Gasteiger partial charge in [0.05, 0.1) is 13.7 Å². The van der Waals surface area contributed by atoms with Gasteiger partial charge in [-0.1, -0.05) is 6.07 Å². The van der Waals surface area contributed by atoms with Gasteiger partial charge >= 0.3 is 0 Å². The highest BCUT2D eigenvalue weighted by Crippen LogP contribution is 2.28. The molecule has 0 heterocycles. The molecule has 0 bridgehead atoms. The molecule has 0 unspecified atom stereocenters. The summed E-state index contributed by atoms with van der Waals surface area (Å²) >= 11 is 0. The van der Waals surface area contributed by atoms with Gasteiger partial charge in [0.1, 0.15) is 0 Å². The van der Waals surface area contributed by atoms with Crippen molar-refractivity contribution in [2.45, 2.75) is 39.5 Å². The predicted molar refractivity (Wildman–Crippen MR) is 123 cm³/mol. The number of guanidine groups is 1. The minimum atomic E-state index is 0. The molecular weight excluding hydrogens is 457 g/mol. The summed E-state index contributed by atoms with van der Waals surface area (Å²) in [5.41, 5.74) is 1.25. The number of benzene rings is 1. The molecule has 0 saturated heterocycles. The number of hydrogen-bond donors (Lipinski definition) is 2. The smallest absolute Gasteiger partial charge is 0.190 e. The molecule has 1 rings (SSSR count). The first kappa shape index (κ1) is 25.8. The fourth-order valence-corrected chi connectivity index (χ4v) is 2.55. The Balaban J connectivity index is 0.00000676. The summed E-state index contributed by atoms with van der Waals surface area (Å²) in [5, 5.41) is 6.69. The van der Waals surface area contributed by atoms with Crippen LogP contribution in [0.25, 0.3) is 0 Å². The van der Waals surface area contributed by atoms with Crippen molar-refractivity contribution in [3.8, 4) is 11.5 Å². The second-order valence-corrected chi connectivity index (χ2v) is 5.85. The van der Waals surface area contributed by atoms with Gasteiger partial charge in [0.15, 0.2) is 17.5 Å². The van der Waals surface area contributed by atoms with Gasteiger partial charge in [-0.15, -0.1) is 24.0 Å². The number of nitrogens with one attached hydrogen (secondary N) is 2. The number of aliphatic imine (C=N–C) groups is 1. The molecule has 0 amide bonds. The van der Waals surface area contributed by atoms with Gasteiger partial charge in [-0.2, -0.15) is 0 Å². The van der Waals surface area contributed by atoms with E-state index in [2.05, 4.69) is 27.8 Å². The van der Waals surface area contributed by atoms with Crippen LogP contribution in [0.3, 0.4) is 0 Å². The molecule has 0 fully saturated rings. The molecule has 7 heteroatoms. The van der Waals surface area contributed by atoms with Crippen molar-refractivity contribution in [3.05, 3.63) is 23.8 Å². The fourth-order valence-electron chi connectivity index (χ4n) is 2.55. The van der Waals surface area contributed by atoms with Crippen LogP contribution in [0.1, 0.15) is 38.7 Å². The van der Waals surface area contributed by atoms with E-state index in [1.54, 1.807) is 14.2 Å². The lowest BCUT2D eigenvalue weighted by Crippen LogP contribution is -2.38. The van der Waals surface area contributed by atoms with Crippen LogP contribution < -0.4 is 20.1 Å². The molecule has 1 aromatic carbocycles. The topological polar surface area (TPSA) is 64.1 Å². The molecular formula is C20H36IN3O3. The van der Waals surface area contributed by atoms with E-state index in [9.17, 15) is 0 Å². The van der Waals surface area contributed by atoms with Gasteiger partial charge in [-0.3, -0.25) is 4.99 Å². The summed E-state index contributed by atoms with van der Waals surface area (Å²) in [6, 6.07) is 6.12. The van der Waals surface area contributed by atoms with E-state index in [0.29, 0.717) is 6.61 Å². The van der Waals surface area contributed by atoms with E-state index in [1.165, 1.54) is 5.56 Å². The Morgan fingerprint density at radius 1 is 1.00 bits per heavy atom. The van der Waals surface area contributed by atoms with Crippen LogP contribution in [-0.2, 0) is 11.2 Å². The second kappa shape index (κ2) is 16.9. The number of hydrogen-bond acceptors (Lipinski definition) is 4. The average molecular weight is 493 g/mol. The Hall–Kier alpha value is -1.22. The van der Waals surface area contributed by atoms with Crippen molar-refractivity contribution in [2.24, 2.45) is 4.99 Å². The lowest BCUT2D eigenvalue weighted by atomic mass is 10.1. The third kappa shape index (κ3) is 11.3. The standard InChI is InChI=1S/C20H35N3O3.HI/c1-5-25-15-8-7-13-22-20(21-3)23-14-9-10-17-11-12-18(24-4)19(16-17)26-6-2;/h11-12,16H,5-10,13-15H2,1-4H3,(H2,21,22,23);1H. The largest absolute Gasteiger partial charge is 0.493 e. The first-order valence-electron chi connectivity index (χ1n) is 9.57. The quantitative estimate of drug-likeness (QED) is 0.190. The van der Waals surface area contributed by atoms with Crippen LogP contribution in [0.15, 0.2) is 23.2 Å². The van der Waals surface area contributed by atoms with Crippen LogP contribution >= 0.6 is 24.0 Å². The zero-order chi connectivity index (χ0) is 19.0. The first-order valence-corrected chi connectivity index (χ1v) is 9.57. The maximum absolute atomic E-state index is 5.63. The average Bonchev–Trinajstić information content (AvgIpc) is 2.66. The summed E-state index contributed by atoms with van der Waals surface area (Å²) in [6.07, 6.45) is 4.13. The van der Waals surface area contributed by atoms with Crippen LogP contribution in [0.2, 0.25) is 0 Å². The van der Waals surface area contributed by atoms with E-state index in [4.69, 9.17) is 14.2 Å². The van der Waals surface area contributed by atoms with E-state index in [0.717, 1.165) is 69.4 Å². The number of ether oxygens (including phenoxy) is 3. The Kier molecular flexibility index (Phi) is 16.2. The predicted octanol–water partition coefficient (Wildman–Crippen LogP) is 3.63. The van der Waals surface area contributed by atoms with Crippen LogP contribution in [0, 0.1) is 0 Å². The number of unbranched alkanes of at least 4 members (excludes halogenated alkanes) is 1. The fraction of sp³-hybridized carbons (Fsp3) is 0.650. The molecule has 156 valence electrons. The normalized spacial score (nSPS) is 10.9. The summed E-state index contributed by atoms with van der Waals surface area (Å²) in [4.78, 5) is 4.25. The molecule has 0 spiro atoms. The summed E-state index contributed by atoms with van der Waals surface area (Å²) in [6.45, 7) is 8.03.